The van der Waals surface area contributed by atoms with Gasteiger partial charge in [-0.1, -0.05) is 31.1 Å². The van der Waals surface area contributed by atoms with Crippen LogP contribution in [-0.4, -0.2) is 28.3 Å². The summed E-state index contributed by atoms with van der Waals surface area (Å²) < 4.78 is 5.04. The number of nitrogens with zero attached hydrogens (tertiary/aromatic N) is 3. The van der Waals surface area contributed by atoms with Crippen molar-refractivity contribution in [3.05, 3.63) is 28.9 Å². The minimum atomic E-state index is -0.308. The van der Waals surface area contributed by atoms with Gasteiger partial charge >= 0.3 is 6.03 Å². The number of pyridine rings is 1. The van der Waals surface area contributed by atoms with Crippen LogP contribution in [0.15, 0.2) is 18.3 Å². The summed E-state index contributed by atoms with van der Waals surface area (Å²) in [7, 11) is 1.56. The first-order valence-electron chi connectivity index (χ1n) is 7.57. The highest BCUT2D eigenvalue weighted by molar-refractivity contribution is 7.15. The lowest BCUT2D eigenvalue weighted by Gasteiger charge is -2.06. The summed E-state index contributed by atoms with van der Waals surface area (Å²) in [5.74, 6) is 0.519. The van der Waals surface area contributed by atoms with Crippen LogP contribution in [0.3, 0.4) is 0 Å². The Labute approximate surface area is 139 Å². The zero-order valence-corrected chi connectivity index (χ0v) is 14.2. The van der Waals surface area contributed by atoms with E-state index in [0.29, 0.717) is 17.6 Å². The standard InChI is InChI=1S/C15H21N5O2S/c1-3-4-5-6-13-19-20-15(23-13)18-14(21)17-10-11-7-8-16-12(9-11)22-2/h7-9H,3-6,10H2,1-2H3,(H2,17,18,20,21). The molecule has 0 saturated heterocycles. The largest absolute Gasteiger partial charge is 0.481 e. The number of nitrogens with one attached hydrogen (secondary N) is 2. The summed E-state index contributed by atoms with van der Waals surface area (Å²) in [5, 5.41) is 15.0. The Morgan fingerprint density at radius 1 is 1.35 bits per heavy atom. The maximum atomic E-state index is 11.9. The lowest BCUT2D eigenvalue weighted by molar-refractivity contribution is 0.251. The molecular formula is C15H21N5O2S. The summed E-state index contributed by atoms with van der Waals surface area (Å²) in [4.78, 5) is 15.9. The van der Waals surface area contributed by atoms with Crippen LogP contribution >= 0.6 is 11.3 Å². The summed E-state index contributed by atoms with van der Waals surface area (Å²) in [6.07, 6.45) is 6.00. The molecule has 0 bridgehead atoms. The lowest BCUT2D eigenvalue weighted by atomic mass is 10.2. The fourth-order valence-electron chi connectivity index (χ4n) is 1.93. The molecule has 0 saturated carbocycles. The summed E-state index contributed by atoms with van der Waals surface area (Å²) in [6, 6.07) is 3.29. The van der Waals surface area contributed by atoms with E-state index < -0.39 is 0 Å². The number of carbonyl (C=O) groups excluding carboxylic acids is 1. The highest BCUT2D eigenvalue weighted by atomic mass is 32.1. The maximum Gasteiger partial charge on any atom is 0.321 e. The number of aryl methyl sites for hydroxylation is 1. The van der Waals surface area contributed by atoms with Gasteiger partial charge in [-0.15, -0.1) is 10.2 Å². The van der Waals surface area contributed by atoms with Crippen molar-refractivity contribution in [3.63, 3.8) is 0 Å². The molecule has 7 nitrogen and oxygen atoms in total. The Hall–Kier alpha value is -2.22. The number of hydrogen-bond donors (Lipinski definition) is 2. The highest BCUT2D eigenvalue weighted by Crippen LogP contribution is 2.17. The number of carbonyl (C=O) groups is 1. The van der Waals surface area contributed by atoms with Gasteiger partial charge in [-0.2, -0.15) is 0 Å². The number of urea groups is 1. The molecule has 0 spiro atoms. The van der Waals surface area contributed by atoms with Crippen molar-refractivity contribution >= 4 is 22.5 Å². The molecule has 0 unspecified atom stereocenters. The first-order chi connectivity index (χ1) is 11.2. The minimum absolute atomic E-state index is 0.308. The molecule has 23 heavy (non-hydrogen) atoms. The van der Waals surface area contributed by atoms with E-state index >= 15 is 0 Å². The van der Waals surface area contributed by atoms with E-state index in [1.54, 1.807) is 19.4 Å². The Balaban J connectivity index is 1.78. The second-order valence-corrected chi connectivity index (χ2v) is 6.03. The Morgan fingerprint density at radius 3 is 3.00 bits per heavy atom. The third kappa shape index (κ3) is 5.82. The van der Waals surface area contributed by atoms with Crippen LogP contribution in [0, 0.1) is 0 Å². The first kappa shape index (κ1) is 17.1. The van der Waals surface area contributed by atoms with Crippen molar-refractivity contribution in [2.24, 2.45) is 0 Å². The molecule has 2 rings (SSSR count). The first-order valence-corrected chi connectivity index (χ1v) is 8.39. The second-order valence-electron chi connectivity index (χ2n) is 4.97. The van der Waals surface area contributed by atoms with Gasteiger partial charge in [0.2, 0.25) is 11.0 Å². The fourth-order valence-corrected chi connectivity index (χ4v) is 2.70. The predicted molar refractivity (Wildman–Crippen MR) is 89.8 cm³/mol. The third-order valence-electron chi connectivity index (χ3n) is 3.14. The zero-order valence-electron chi connectivity index (χ0n) is 13.3. The van der Waals surface area contributed by atoms with Crippen molar-refractivity contribution < 1.29 is 9.53 Å². The number of ether oxygens (including phenoxy) is 1. The normalized spacial score (nSPS) is 10.3. The van der Waals surface area contributed by atoms with Crippen LogP contribution in [0.2, 0.25) is 0 Å². The average molecular weight is 335 g/mol. The van der Waals surface area contributed by atoms with Gasteiger partial charge in [0.15, 0.2) is 0 Å². The Bertz CT molecular complexity index is 632. The number of hydrogen-bond acceptors (Lipinski definition) is 6. The smallest absolute Gasteiger partial charge is 0.321 e. The van der Waals surface area contributed by atoms with Crippen LogP contribution in [0.5, 0.6) is 5.88 Å². The second kappa shape index (κ2) is 9.04. The lowest BCUT2D eigenvalue weighted by Crippen LogP contribution is -2.28. The van der Waals surface area contributed by atoms with E-state index in [1.807, 2.05) is 6.07 Å². The van der Waals surface area contributed by atoms with E-state index in [9.17, 15) is 4.79 Å². The van der Waals surface area contributed by atoms with Crippen LogP contribution in [0.25, 0.3) is 0 Å². The van der Waals surface area contributed by atoms with Crippen LogP contribution in [0.4, 0.5) is 9.93 Å². The number of rotatable bonds is 8. The summed E-state index contributed by atoms with van der Waals surface area (Å²) >= 11 is 1.42. The molecule has 0 aromatic carbocycles. The van der Waals surface area contributed by atoms with Crippen molar-refractivity contribution in [1.82, 2.24) is 20.5 Å². The molecule has 0 aliphatic heterocycles. The molecule has 0 radical (unpaired) electrons. The van der Waals surface area contributed by atoms with Crippen molar-refractivity contribution in [2.75, 3.05) is 12.4 Å². The van der Waals surface area contributed by atoms with Gasteiger partial charge in [0.25, 0.3) is 0 Å². The fraction of sp³-hybridized carbons (Fsp3) is 0.467. The average Bonchev–Trinajstić information content (AvgIpc) is 3.01. The minimum Gasteiger partial charge on any atom is -0.481 e. The number of anilines is 1. The van der Waals surface area contributed by atoms with Gasteiger partial charge in [0.1, 0.15) is 5.01 Å². The number of amides is 2. The molecule has 2 aromatic heterocycles. The summed E-state index contributed by atoms with van der Waals surface area (Å²) in [5.41, 5.74) is 0.907. The molecule has 2 aromatic rings. The van der Waals surface area contributed by atoms with Gasteiger partial charge in [-0.25, -0.2) is 9.78 Å². The molecule has 0 aliphatic rings. The van der Waals surface area contributed by atoms with Gasteiger partial charge in [0.05, 0.1) is 7.11 Å². The van der Waals surface area contributed by atoms with Crippen LogP contribution < -0.4 is 15.4 Å². The molecule has 2 N–H and O–H groups in total. The monoisotopic (exact) mass is 335 g/mol. The summed E-state index contributed by atoms with van der Waals surface area (Å²) in [6.45, 7) is 2.54. The molecule has 124 valence electrons. The van der Waals surface area contributed by atoms with Crippen molar-refractivity contribution in [1.29, 1.82) is 0 Å². The Morgan fingerprint density at radius 2 is 2.22 bits per heavy atom. The molecule has 8 heteroatoms. The predicted octanol–water partition coefficient (Wildman–Crippen LogP) is 3.00. The zero-order chi connectivity index (χ0) is 16.5. The van der Waals surface area contributed by atoms with Gasteiger partial charge in [-0.3, -0.25) is 5.32 Å². The molecular weight excluding hydrogens is 314 g/mol. The molecule has 2 heterocycles. The van der Waals surface area contributed by atoms with E-state index in [4.69, 9.17) is 4.74 Å². The highest BCUT2D eigenvalue weighted by Gasteiger charge is 2.08. The third-order valence-corrected chi connectivity index (χ3v) is 4.04. The molecule has 2 amide bonds. The van der Waals surface area contributed by atoms with E-state index in [-0.39, 0.29) is 6.03 Å². The maximum absolute atomic E-state index is 11.9. The number of aromatic nitrogens is 3. The van der Waals surface area contributed by atoms with Gasteiger partial charge < -0.3 is 10.1 Å². The van der Waals surface area contributed by atoms with Crippen LogP contribution in [0.1, 0.15) is 36.8 Å². The van der Waals surface area contributed by atoms with E-state index in [1.165, 1.54) is 24.2 Å². The van der Waals surface area contributed by atoms with E-state index in [0.717, 1.165) is 23.4 Å². The van der Waals surface area contributed by atoms with Gasteiger partial charge in [-0.05, 0) is 18.1 Å². The molecule has 0 aliphatic carbocycles. The SMILES string of the molecule is CCCCCc1nnc(NC(=O)NCc2ccnc(OC)c2)s1. The van der Waals surface area contributed by atoms with Gasteiger partial charge in [0, 0.05) is 25.2 Å². The number of unbranched alkanes of at least 4 members (excludes halogenated alkanes) is 2. The Kier molecular flexibility index (Phi) is 6.74. The number of methoxy groups -OCH3 is 1. The topological polar surface area (TPSA) is 89.0 Å². The van der Waals surface area contributed by atoms with E-state index in [2.05, 4.69) is 32.7 Å². The quantitative estimate of drug-likeness (QED) is 0.724. The van der Waals surface area contributed by atoms with Crippen molar-refractivity contribution in [3.8, 4) is 5.88 Å². The molecule has 0 fully saturated rings. The van der Waals surface area contributed by atoms with Crippen molar-refractivity contribution in [2.45, 2.75) is 39.2 Å². The molecule has 0 atom stereocenters. The van der Waals surface area contributed by atoms with Crippen LogP contribution in [-0.2, 0) is 13.0 Å².